The molecule has 0 bridgehead atoms. The van der Waals surface area contributed by atoms with Crippen molar-refractivity contribution >= 4 is 35.4 Å². The first-order chi connectivity index (χ1) is 17.7. The number of rotatable bonds is 4. The molecule has 0 aromatic carbocycles. The highest BCUT2D eigenvalue weighted by Gasteiger charge is 2.36. The average molecular weight is 520 g/mol. The second kappa shape index (κ2) is 9.76. The van der Waals surface area contributed by atoms with Crippen LogP contribution < -0.4 is 26.1 Å². The molecule has 0 unspecified atom stereocenters. The van der Waals surface area contributed by atoms with Crippen molar-refractivity contribution in [2.24, 2.45) is 4.99 Å². The molecule has 3 aromatic rings. The Bertz CT molecular complexity index is 1500. The van der Waals surface area contributed by atoms with E-state index in [1.54, 1.807) is 4.90 Å². The van der Waals surface area contributed by atoms with Crippen LogP contribution in [0.4, 0.5) is 43.8 Å². The molecule has 2 N–H and O–H groups in total. The highest BCUT2D eigenvalue weighted by atomic mass is 19.4. The van der Waals surface area contributed by atoms with E-state index in [1.165, 1.54) is 30.7 Å². The number of hydrogen-bond donors (Lipinski definition) is 2. The second-order valence-corrected chi connectivity index (χ2v) is 8.16. The van der Waals surface area contributed by atoms with Gasteiger partial charge in [0.05, 0.1) is 22.3 Å². The van der Waals surface area contributed by atoms with E-state index < -0.39 is 41.6 Å². The van der Waals surface area contributed by atoms with Gasteiger partial charge in [-0.05, 0) is 12.1 Å². The number of pyridine rings is 2. The second-order valence-electron chi connectivity index (χ2n) is 8.16. The van der Waals surface area contributed by atoms with Crippen molar-refractivity contribution < 1.29 is 26.3 Å². The van der Waals surface area contributed by atoms with Gasteiger partial charge in [0.25, 0.3) is 5.95 Å². The van der Waals surface area contributed by atoms with Crippen molar-refractivity contribution in [3.63, 3.8) is 0 Å². The van der Waals surface area contributed by atoms with E-state index in [9.17, 15) is 26.3 Å². The summed E-state index contributed by atoms with van der Waals surface area (Å²) in [6.07, 6.45) is -1.30. The van der Waals surface area contributed by atoms with Crippen LogP contribution in [0.3, 0.4) is 0 Å². The fourth-order valence-corrected chi connectivity index (χ4v) is 4.00. The molecule has 0 atom stereocenters. The van der Waals surface area contributed by atoms with Crippen LogP contribution in [-0.4, -0.2) is 58.5 Å². The SMILES string of the molecule is Fc1cc(F)c(Nc2cc(-c3nc(N4CCNCC4)c4c(n3)=CN=CCC=4C(F)(F)F)ccn2)nc1F. The fraction of sp³-hybridized carbons (Fsp3) is 0.261. The maximum Gasteiger partial charge on any atom is 0.413 e. The third-order valence-corrected chi connectivity index (χ3v) is 5.73. The summed E-state index contributed by atoms with van der Waals surface area (Å²) in [7, 11) is 0. The van der Waals surface area contributed by atoms with Crippen LogP contribution in [0.2, 0.25) is 0 Å². The van der Waals surface area contributed by atoms with E-state index in [-0.39, 0.29) is 28.0 Å². The largest absolute Gasteiger partial charge is 0.413 e. The standard InChI is InChI=1S/C23H18F6N8/c24-14-10-15(25)21(35-19(14)26)34-17-9-12(1-4-32-17)20-33-16-11-31-3-2-13(23(27,28)29)18(16)22(36-20)37-7-5-30-6-8-37/h1,3-4,9-11,30H,2,5-8H2,(H,32,34,35). The molecule has 14 heteroatoms. The minimum atomic E-state index is -4.62. The number of nitrogens with one attached hydrogen (secondary N) is 2. The molecular formula is C23H18F6N8. The van der Waals surface area contributed by atoms with Gasteiger partial charge >= 0.3 is 6.18 Å². The average Bonchev–Trinajstić information content (AvgIpc) is 3.10. The summed E-state index contributed by atoms with van der Waals surface area (Å²) in [4.78, 5) is 21.8. The van der Waals surface area contributed by atoms with E-state index in [0.29, 0.717) is 37.8 Å². The first-order valence-electron chi connectivity index (χ1n) is 11.1. The van der Waals surface area contributed by atoms with Crippen molar-refractivity contribution in [2.45, 2.75) is 12.6 Å². The van der Waals surface area contributed by atoms with Crippen LogP contribution in [0, 0.1) is 17.6 Å². The van der Waals surface area contributed by atoms with E-state index in [0.717, 1.165) is 0 Å². The lowest BCUT2D eigenvalue weighted by molar-refractivity contribution is -0.0717. The number of nitrogens with zero attached hydrogens (tertiary/aromatic N) is 6. The molecule has 1 saturated heterocycles. The van der Waals surface area contributed by atoms with Gasteiger partial charge in [-0.1, -0.05) is 0 Å². The van der Waals surface area contributed by atoms with E-state index in [1.807, 2.05) is 0 Å². The molecule has 5 rings (SSSR count). The summed E-state index contributed by atoms with van der Waals surface area (Å²) < 4.78 is 82.8. The van der Waals surface area contributed by atoms with Gasteiger partial charge in [0.2, 0.25) is 0 Å². The third kappa shape index (κ3) is 5.09. The number of fused-ring (bicyclic) bond motifs is 1. The number of anilines is 3. The Kier molecular flexibility index (Phi) is 6.50. The van der Waals surface area contributed by atoms with Gasteiger partial charge in [-0.2, -0.15) is 22.5 Å². The molecule has 8 nitrogen and oxygen atoms in total. The first-order valence-corrected chi connectivity index (χ1v) is 11.1. The van der Waals surface area contributed by atoms with Gasteiger partial charge in [0, 0.05) is 56.6 Å². The maximum atomic E-state index is 14.1. The summed E-state index contributed by atoms with van der Waals surface area (Å²) in [5.41, 5.74) is -0.466. The molecule has 192 valence electrons. The molecule has 5 heterocycles. The molecule has 1 fully saturated rings. The summed E-state index contributed by atoms with van der Waals surface area (Å²) >= 11 is 0. The third-order valence-electron chi connectivity index (χ3n) is 5.73. The molecule has 2 aliphatic rings. The topological polar surface area (TPSA) is 91.2 Å². The Balaban J connectivity index is 1.65. The molecular weight excluding hydrogens is 502 g/mol. The smallest absolute Gasteiger partial charge is 0.353 e. The Hall–Kier alpha value is -4.07. The zero-order chi connectivity index (χ0) is 26.2. The summed E-state index contributed by atoms with van der Waals surface area (Å²) in [5.74, 6) is -4.49. The first kappa shape index (κ1) is 24.6. The zero-order valence-corrected chi connectivity index (χ0v) is 19.0. The lowest BCUT2D eigenvalue weighted by Gasteiger charge is -2.29. The molecule has 0 radical (unpaired) electrons. The van der Waals surface area contributed by atoms with E-state index in [2.05, 4.69) is 35.6 Å². The van der Waals surface area contributed by atoms with Gasteiger partial charge in [-0.25, -0.2) is 23.7 Å². The van der Waals surface area contributed by atoms with Gasteiger partial charge in [-0.15, -0.1) is 0 Å². The van der Waals surface area contributed by atoms with Crippen molar-refractivity contribution in [2.75, 3.05) is 36.4 Å². The molecule has 0 spiro atoms. The van der Waals surface area contributed by atoms with Crippen LogP contribution in [0.15, 0.2) is 29.4 Å². The molecule has 3 aromatic heterocycles. The van der Waals surface area contributed by atoms with Crippen molar-refractivity contribution in [3.8, 4) is 11.4 Å². The van der Waals surface area contributed by atoms with Crippen molar-refractivity contribution in [1.29, 1.82) is 0 Å². The van der Waals surface area contributed by atoms with Gasteiger partial charge < -0.3 is 15.5 Å². The highest BCUT2D eigenvalue weighted by molar-refractivity contribution is 5.78. The summed E-state index contributed by atoms with van der Waals surface area (Å²) in [5, 5.41) is 5.49. The number of halogens is 6. The predicted octanol–water partition coefficient (Wildman–Crippen LogP) is 2.43. The highest BCUT2D eigenvalue weighted by Crippen LogP contribution is 2.29. The molecule has 0 amide bonds. The van der Waals surface area contributed by atoms with E-state index in [4.69, 9.17) is 0 Å². The quantitative estimate of drug-likeness (QED) is 0.404. The number of aliphatic imine (C=N–C) groups is 1. The lowest BCUT2D eigenvalue weighted by Crippen LogP contribution is -2.49. The molecule has 0 saturated carbocycles. The minimum absolute atomic E-state index is 0.000698. The maximum absolute atomic E-state index is 14.1. The van der Waals surface area contributed by atoms with Crippen LogP contribution in [0.25, 0.3) is 23.2 Å². The Labute approximate surface area is 205 Å². The Morgan fingerprint density at radius 1 is 0.973 bits per heavy atom. The summed E-state index contributed by atoms with van der Waals surface area (Å²) in [6, 6.07) is 3.24. The fourth-order valence-electron chi connectivity index (χ4n) is 4.00. The number of alkyl halides is 3. The number of piperazine rings is 1. The van der Waals surface area contributed by atoms with Crippen LogP contribution in [-0.2, 0) is 0 Å². The van der Waals surface area contributed by atoms with Crippen molar-refractivity contribution in [1.82, 2.24) is 25.3 Å². The summed E-state index contributed by atoms with van der Waals surface area (Å²) in [6.45, 7) is 1.98. The minimum Gasteiger partial charge on any atom is -0.353 e. The van der Waals surface area contributed by atoms with Crippen LogP contribution in [0.5, 0.6) is 0 Å². The van der Waals surface area contributed by atoms with Crippen LogP contribution >= 0.6 is 0 Å². The Morgan fingerprint density at radius 2 is 1.76 bits per heavy atom. The lowest BCUT2D eigenvalue weighted by atomic mass is 10.1. The molecule has 2 aliphatic heterocycles. The zero-order valence-electron chi connectivity index (χ0n) is 19.0. The number of hydrogen-bond acceptors (Lipinski definition) is 8. The van der Waals surface area contributed by atoms with Gasteiger partial charge in [0.15, 0.2) is 23.3 Å². The van der Waals surface area contributed by atoms with Crippen molar-refractivity contribution in [3.05, 3.63) is 52.5 Å². The normalized spacial score (nSPS) is 15.7. The van der Waals surface area contributed by atoms with Gasteiger partial charge in [0.1, 0.15) is 11.6 Å². The number of aromatic nitrogens is 4. The van der Waals surface area contributed by atoms with Crippen LogP contribution in [0.1, 0.15) is 6.42 Å². The van der Waals surface area contributed by atoms with Gasteiger partial charge in [-0.3, -0.25) is 4.99 Å². The Morgan fingerprint density at radius 3 is 2.51 bits per heavy atom. The molecule has 37 heavy (non-hydrogen) atoms. The van der Waals surface area contributed by atoms with E-state index >= 15 is 0 Å². The predicted molar refractivity (Wildman–Crippen MR) is 124 cm³/mol. The monoisotopic (exact) mass is 520 g/mol. The molecule has 0 aliphatic carbocycles.